The summed E-state index contributed by atoms with van der Waals surface area (Å²) in [5, 5.41) is 5.73. The predicted octanol–water partition coefficient (Wildman–Crippen LogP) is 5.45. The summed E-state index contributed by atoms with van der Waals surface area (Å²) in [5.41, 5.74) is 3.20. The molecule has 0 atom stereocenters. The van der Waals surface area contributed by atoms with Gasteiger partial charge in [-0.25, -0.2) is 9.50 Å². The van der Waals surface area contributed by atoms with Gasteiger partial charge in [-0.3, -0.25) is 0 Å². The molecule has 6 rings (SSSR count). The van der Waals surface area contributed by atoms with Gasteiger partial charge in [0.15, 0.2) is 5.76 Å². The fourth-order valence-electron chi connectivity index (χ4n) is 4.75. The molecule has 1 saturated heterocycles. The first-order chi connectivity index (χ1) is 18.1. The molecule has 1 aliphatic rings. The molecule has 0 aliphatic carbocycles. The highest BCUT2D eigenvalue weighted by Gasteiger charge is 2.34. The molecule has 1 aliphatic heterocycles. The van der Waals surface area contributed by atoms with Crippen LogP contribution in [-0.2, 0) is 21.7 Å². The Morgan fingerprint density at radius 1 is 1.05 bits per heavy atom. The fraction of sp³-hybridized carbons (Fsp3) is 0.333. The Balaban J connectivity index is 1.29. The van der Waals surface area contributed by atoms with E-state index in [-0.39, 0.29) is 5.60 Å². The summed E-state index contributed by atoms with van der Waals surface area (Å²) >= 11 is 1.36. The lowest BCUT2D eigenvalue weighted by atomic mass is 9.85. The number of ether oxygens (including phenoxy) is 5. The number of imidazole rings is 1. The van der Waals surface area contributed by atoms with E-state index in [1.54, 1.807) is 25.8 Å². The number of hydrogen-bond donors (Lipinski definition) is 0. The van der Waals surface area contributed by atoms with Crippen LogP contribution in [0.15, 0.2) is 53.1 Å². The summed E-state index contributed by atoms with van der Waals surface area (Å²) in [4.78, 5) is 5.36. The van der Waals surface area contributed by atoms with Gasteiger partial charge >= 0.3 is 0 Å². The van der Waals surface area contributed by atoms with E-state index in [1.807, 2.05) is 24.4 Å². The minimum Gasteiger partial charge on any atom is -0.496 e. The summed E-state index contributed by atoms with van der Waals surface area (Å²) in [6.45, 7) is 1.77. The van der Waals surface area contributed by atoms with E-state index < -0.39 is 0 Å². The average Bonchev–Trinajstić information content (AvgIpc) is 3.65. The molecule has 0 unspecified atom stereocenters. The highest BCUT2D eigenvalue weighted by molar-refractivity contribution is 7.18. The fourth-order valence-corrected chi connectivity index (χ4v) is 5.45. The number of benzene rings is 2. The molecule has 0 amide bonds. The van der Waals surface area contributed by atoms with Crippen LogP contribution >= 0.6 is 11.3 Å². The van der Waals surface area contributed by atoms with Gasteiger partial charge in [-0.05, 0) is 34.6 Å². The molecule has 10 heteroatoms. The smallest absolute Gasteiger partial charge is 0.294 e. The average molecular weight is 522 g/mol. The zero-order valence-electron chi connectivity index (χ0n) is 20.9. The molecule has 3 aromatic heterocycles. The number of fused-ring (bicyclic) bond motifs is 2. The first kappa shape index (κ1) is 23.8. The maximum absolute atomic E-state index is 6.32. The molecular weight excluding hydrogens is 494 g/mol. The second-order valence-electron chi connectivity index (χ2n) is 8.87. The molecular formula is C27H27N3O6S. The van der Waals surface area contributed by atoms with Crippen molar-refractivity contribution in [3.8, 4) is 28.1 Å². The van der Waals surface area contributed by atoms with Gasteiger partial charge in [-0.2, -0.15) is 0 Å². The maximum atomic E-state index is 6.32. The van der Waals surface area contributed by atoms with E-state index in [4.69, 9.17) is 28.1 Å². The quantitative estimate of drug-likeness (QED) is 0.266. The molecule has 0 spiro atoms. The molecule has 5 aromatic rings. The van der Waals surface area contributed by atoms with Crippen LogP contribution in [0.25, 0.3) is 27.4 Å². The molecule has 2 aromatic carbocycles. The Bertz CT molecular complexity index is 1520. The third kappa shape index (κ3) is 4.41. The van der Waals surface area contributed by atoms with Gasteiger partial charge in [0.1, 0.15) is 29.4 Å². The predicted molar refractivity (Wildman–Crippen MR) is 139 cm³/mol. The van der Waals surface area contributed by atoms with Crippen LogP contribution in [0.5, 0.6) is 16.7 Å². The number of hydrogen-bond acceptors (Lipinski definition) is 9. The molecule has 0 bridgehead atoms. The highest BCUT2D eigenvalue weighted by atomic mass is 32.1. The van der Waals surface area contributed by atoms with Crippen molar-refractivity contribution in [3.05, 3.63) is 59.8 Å². The van der Waals surface area contributed by atoms with Crippen molar-refractivity contribution in [2.45, 2.75) is 25.0 Å². The van der Waals surface area contributed by atoms with Crippen LogP contribution in [-0.4, -0.2) is 49.1 Å². The summed E-state index contributed by atoms with van der Waals surface area (Å²) in [7, 11) is 4.98. The Kier molecular flexibility index (Phi) is 6.23. The van der Waals surface area contributed by atoms with Crippen LogP contribution in [0.2, 0.25) is 0 Å². The minimum atomic E-state index is -0.325. The SMILES string of the molecule is COc1cc(OCc2cccc(C3(OC)CCOCC3)c2)c2cc(-c3cn4nc(OC)sc4n3)oc2c1. The van der Waals surface area contributed by atoms with Gasteiger partial charge in [0.2, 0.25) is 4.96 Å². The van der Waals surface area contributed by atoms with Crippen molar-refractivity contribution in [2.75, 3.05) is 34.5 Å². The second kappa shape index (κ2) is 9.70. The van der Waals surface area contributed by atoms with Gasteiger partial charge in [-0.15, -0.1) is 5.10 Å². The number of nitrogens with zero attached hydrogens (tertiary/aromatic N) is 3. The normalized spacial score (nSPS) is 15.3. The van der Waals surface area contributed by atoms with Gasteiger partial charge in [0.25, 0.3) is 5.19 Å². The third-order valence-corrected chi connectivity index (χ3v) is 7.68. The Hall–Kier alpha value is -3.60. The van der Waals surface area contributed by atoms with E-state index in [1.165, 1.54) is 11.3 Å². The maximum Gasteiger partial charge on any atom is 0.294 e. The van der Waals surface area contributed by atoms with E-state index in [9.17, 15) is 0 Å². The third-order valence-electron chi connectivity index (χ3n) is 6.80. The van der Waals surface area contributed by atoms with Crippen LogP contribution in [0.3, 0.4) is 0 Å². The lowest BCUT2D eigenvalue weighted by Gasteiger charge is -2.36. The first-order valence-electron chi connectivity index (χ1n) is 12.0. The minimum absolute atomic E-state index is 0.325. The van der Waals surface area contributed by atoms with E-state index >= 15 is 0 Å². The molecule has 9 nitrogen and oxygen atoms in total. The van der Waals surface area contributed by atoms with Crippen LogP contribution in [0, 0.1) is 0 Å². The van der Waals surface area contributed by atoms with Crippen molar-refractivity contribution in [1.82, 2.24) is 14.6 Å². The van der Waals surface area contributed by atoms with E-state index in [2.05, 4.69) is 34.3 Å². The number of rotatable bonds is 8. The number of furan rings is 1. The van der Waals surface area contributed by atoms with Gasteiger partial charge in [0, 0.05) is 45.3 Å². The van der Waals surface area contributed by atoms with E-state index in [0.717, 1.165) is 34.3 Å². The summed E-state index contributed by atoms with van der Waals surface area (Å²) in [5.74, 6) is 1.94. The van der Waals surface area contributed by atoms with Crippen molar-refractivity contribution in [1.29, 1.82) is 0 Å². The zero-order valence-corrected chi connectivity index (χ0v) is 21.7. The lowest BCUT2D eigenvalue weighted by Crippen LogP contribution is -2.35. The lowest BCUT2D eigenvalue weighted by molar-refractivity contribution is -0.0948. The Morgan fingerprint density at radius 2 is 1.92 bits per heavy atom. The molecule has 192 valence electrons. The largest absolute Gasteiger partial charge is 0.496 e. The van der Waals surface area contributed by atoms with Crippen molar-refractivity contribution in [3.63, 3.8) is 0 Å². The summed E-state index contributed by atoms with van der Waals surface area (Å²) in [6.07, 6.45) is 3.48. The monoisotopic (exact) mass is 521 g/mol. The standard InChI is InChI=1S/C27H27N3O6S/c1-31-19-12-22(35-16-17-5-4-6-18(11-17)27(33-3)7-9-34-10-8-27)20-14-24(36-23(20)13-19)21-15-30-25(28-21)37-26(29-30)32-2/h4-6,11-15H,7-10,16H2,1-3H3. The highest BCUT2D eigenvalue weighted by Crippen LogP contribution is 2.39. The van der Waals surface area contributed by atoms with Crippen LogP contribution < -0.4 is 14.2 Å². The first-order valence-corrected chi connectivity index (χ1v) is 12.8. The number of aromatic nitrogens is 3. The van der Waals surface area contributed by atoms with Crippen LogP contribution in [0.1, 0.15) is 24.0 Å². The van der Waals surface area contributed by atoms with Crippen LogP contribution in [0.4, 0.5) is 0 Å². The molecule has 1 fully saturated rings. The Labute approximate surface area is 217 Å². The molecule has 0 radical (unpaired) electrons. The summed E-state index contributed by atoms with van der Waals surface area (Å²) < 4.78 is 36.4. The van der Waals surface area contributed by atoms with Gasteiger partial charge in [0.05, 0.1) is 31.4 Å². The Morgan fingerprint density at radius 3 is 2.68 bits per heavy atom. The molecule has 37 heavy (non-hydrogen) atoms. The van der Waals surface area contributed by atoms with Gasteiger partial charge < -0.3 is 28.1 Å². The van der Waals surface area contributed by atoms with Crippen molar-refractivity contribution < 1.29 is 28.1 Å². The zero-order chi connectivity index (χ0) is 25.4. The molecule has 0 saturated carbocycles. The van der Waals surface area contributed by atoms with Gasteiger partial charge in [-0.1, -0.05) is 18.2 Å². The molecule has 0 N–H and O–H groups in total. The molecule has 4 heterocycles. The summed E-state index contributed by atoms with van der Waals surface area (Å²) in [6, 6.07) is 14.0. The second-order valence-corrected chi connectivity index (χ2v) is 9.79. The van der Waals surface area contributed by atoms with Crippen molar-refractivity contribution >= 4 is 27.3 Å². The topological polar surface area (TPSA) is 89.5 Å². The number of methoxy groups -OCH3 is 3. The van der Waals surface area contributed by atoms with E-state index in [0.29, 0.717) is 53.6 Å². The van der Waals surface area contributed by atoms with Crippen molar-refractivity contribution in [2.24, 2.45) is 0 Å².